The minimum atomic E-state index is 0.197. The highest BCUT2D eigenvalue weighted by Gasteiger charge is 2.45. The van der Waals surface area contributed by atoms with Crippen LogP contribution in [0.25, 0.3) is 16.8 Å². The summed E-state index contributed by atoms with van der Waals surface area (Å²) in [7, 11) is 0. The number of hydrogen-bond donors (Lipinski definition) is 1. The van der Waals surface area contributed by atoms with Crippen molar-refractivity contribution in [3.8, 4) is 0 Å². The summed E-state index contributed by atoms with van der Waals surface area (Å²) in [6.45, 7) is 5.51. The number of benzene rings is 1. The lowest BCUT2D eigenvalue weighted by Gasteiger charge is -2.54. The van der Waals surface area contributed by atoms with Gasteiger partial charge in [-0.15, -0.1) is 0 Å². The van der Waals surface area contributed by atoms with E-state index in [-0.39, 0.29) is 5.91 Å². The number of para-hydroxylation sites is 2. The van der Waals surface area contributed by atoms with Crippen LogP contribution in [0.4, 0.5) is 5.82 Å². The van der Waals surface area contributed by atoms with Gasteiger partial charge in [-0.05, 0) is 74.7 Å². The first-order chi connectivity index (χ1) is 16.6. The summed E-state index contributed by atoms with van der Waals surface area (Å²) in [6, 6.07) is 10.3. The van der Waals surface area contributed by atoms with Crippen molar-refractivity contribution >= 4 is 28.5 Å². The normalized spacial score (nSPS) is 27.6. The second kappa shape index (κ2) is 7.80. The van der Waals surface area contributed by atoms with E-state index in [1.54, 1.807) is 0 Å². The lowest BCUT2D eigenvalue weighted by molar-refractivity contribution is -0.123. The second-order valence-electron chi connectivity index (χ2n) is 11.0. The molecule has 4 heterocycles. The first-order valence-corrected chi connectivity index (χ1v) is 12.8. The molecule has 7 heteroatoms. The van der Waals surface area contributed by atoms with E-state index < -0.39 is 0 Å². The van der Waals surface area contributed by atoms with Crippen LogP contribution in [0.3, 0.4) is 0 Å². The van der Waals surface area contributed by atoms with Gasteiger partial charge >= 0.3 is 0 Å². The molecule has 1 aromatic carbocycles. The summed E-state index contributed by atoms with van der Waals surface area (Å²) >= 11 is 0. The number of piperidine rings is 1. The summed E-state index contributed by atoms with van der Waals surface area (Å²) in [5.41, 5.74) is 2.45. The Morgan fingerprint density at radius 2 is 1.91 bits per heavy atom. The molecule has 3 aromatic rings. The van der Waals surface area contributed by atoms with Crippen LogP contribution in [-0.4, -0.2) is 64.4 Å². The third-order valence-corrected chi connectivity index (χ3v) is 8.80. The van der Waals surface area contributed by atoms with Crippen molar-refractivity contribution in [1.29, 1.82) is 0 Å². The lowest BCUT2D eigenvalue weighted by Crippen LogP contribution is -2.61. The largest absolute Gasteiger partial charge is 0.355 e. The van der Waals surface area contributed by atoms with Crippen molar-refractivity contribution in [3.63, 3.8) is 0 Å². The monoisotopic (exact) mass is 456 g/mol. The quantitative estimate of drug-likeness (QED) is 0.598. The van der Waals surface area contributed by atoms with Crippen LogP contribution in [0.5, 0.6) is 0 Å². The summed E-state index contributed by atoms with van der Waals surface area (Å²) < 4.78 is 2.06. The topological polar surface area (TPSA) is 65.8 Å². The number of nitrogens with zero attached hydrogens (tertiary/aromatic N) is 5. The molecule has 2 aliphatic carbocycles. The average Bonchev–Trinajstić information content (AvgIpc) is 3.55. The zero-order valence-electron chi connectivity index (χ0n) is 19.6. The summed E-state index contributed by atoms with van der Waals surface area (Å²) in [6.07, 6.45) is 11.7. The molecule has 2 aliphatic heterocycles. The molecule has 1 spiro atoms. The van der Waals surface area contributed by atoms with Gasteiger partial charge in [0.25, 0.3) is 0 Å². The Bertz CT molecular complexity index is 1260. The van der Waals surface area contributed by atoms with Gasteiger partial charge in [-0.2, -0.15) is 4.98 Å². The first-order valence-electron chi connectivity index (χ1n) is 12.8. The van der Waals surface area contributed by atoms with Gasteiger partial charge < -0.3 is 10.2 Å². The molecule has 0 radical (unpaired) electrons. The van der Waals surface area contributed by atoms with Crippen LogP contribution in [0.15, 0.2) is 48.7 Å². The average molecular weight is 457 g/mol. The minimum absolute atomic E-state index is 0.197. The Kier molecular flexibility index (Phi) is 4.69. The van der Waals surface area contributed by atoms with E-state index in [4.69, 9.17) is 4.98 Å². The summed E-state index contributed by atoms with van der Waals surface area (Å²) in [5, 5.41) is 3.22. The van der Waals surface area contributed by atoms with Crippen LogP contribution in [0.2, 0.25) is 0 Å². The van der Waals surface area contributed by atoms with E-state index in [1.165, 1.54) is 12.8 Å². The summed E-state index contributed by atoms with van der Waals surface area (Å²) in [5.74, 6) is 4.10. The Morgan fingerprint density at radius 1 is 1.06 bits per heavy atom. The molecule has 176 valence electrons. The van der Waals surface area contributed by atoms with Crippen LogP contribution in [0.1, 0.15) is 25.7 Å². The Morgan fingerprint density at radius 3 is 2.71 bits per heavy atom. The molecule has 1 amide bonds. The fourth-order valence-electron chi connectivity index (χ4n) is 6.78. The molecular weight excluding hydrogens is 424 g/mol. The standard InChI is InChI=1S/C27H32N6O/c34-25(28-15-21-14-19-5-6-20(21)13-19)16-31-11-8-27(9-12-31)17-32(18-27)24-7-10-33-23-4-2-1-3-22(23)29-26(33)30-24/h1-7,10,19-21H,8-9,11-18H2,(H,28,34). The van der Waals surface area contributed by atoms with Crippen molar-refractivity contribution in [2.75, 3.05) is 44.2 Å². The smallest absolute Gasteiger partial charge is 0.236 e. The fraction of sp³-hybridized carbons (Fsp3) is 0.519. The van der Waals surface area contributed by atoms with E-state index in [9.17, 15) is 4.79 Å². The molecule has 34 heavy (non-hydrogen) atoms. The highest BCUT2D eigenvalue weighted by Crippen LogP contribution is 2.43. The number of allylic oxidation sites excluding steroid dienone is 2. The number of fused-ring (bicyclic) bond motifs is 5. The Labute approximate surface area is 199 Å². The zero-order valence-corrected chi connectivity index (χ0v) is 19.6. The van der Waals surface area contributed by atoms with Crippen molar-refractivity contribution < 1.29 is 4.79 Å². The van der Waals surface area contributed by atoms with E-state index in [1.807, 2.05) is 18.2 Å². The molecule has 2 aromatic heterocycles. The van der Waals surface area contributed by atoms with E-state index in [0.29, 0.717) is 23.8 Å². The van der Waals surface area contributed by atoms with Gasteiger partial charge in [0.15, 0.2) is 0 Å². The first kappa shape index (κ1) is 20.4. The molecule has 1 saturated carbocycles. The lowest BCUT2D eigenvalue weighted by atomic mass is 9.72. The third kappa shape index (κ3) is 3.49. The third-order valence-electron chi connectivity index (χ3n) is 8.80. The van der Waals surface area contributed by atoms with Crippen LogP contribution < -0.4 is 10.2 Å². The van der Waals surface area contributed by atoms with Crippen molar-refractivity contribution in [1.82, 2.24) is 24.6 Å². The molecule has 3 fully saturated rings. The van der Waals surface area contributed by atoms with Crippen LogP contribution in [0, 0.1) is 23.2 Å². The zero-order chi connectivity index (χ0) is 22.7. The Hall–Kier alpha value is -2.93. The summed E-state index contributed by atoms with van der Waals surface area (Å²) in [4.78, 5) is 26.8. The number of rotatable bonds is 5. The number of nitrogens with one attached hydrogen (secondary N) is 1. The SMILES string of the molecule is O=C(CN1CCC2(CC1)CN(c1ccn3c(n1)nc1ccccc13)C2)NCC1CC2C=CC1C2. The molecular formula is C27H32N6O. The highest BCUT2D eigenvalue weighted by molar-refractivity contribution is 5.79. The van der Waals surface area contributed by atoms with Gasteiger partial charge in [-0.1, -0.05) is 24.3 Å². The molecule has 2 bridgehead atoms. The maximum atomic E-state index is 12.5. The molecule has 1 N–H and O–H groups in total. The maximum Gasteiger partial charge on any atom is 0.236 e. The van der Waals surface area contributed by atoms with E-state index in [2.05, 4.69) is 55.0 Å². The van der Waals surface area contributed by atoms with E-state index >= 15 is 0 Å². The molecule has 7 rings (SSSR count). The molecule has 2 saturated heterocycles. The number of amides is 1. The maximum absolute atomic E-state index is 12.5. The van der Waals surface area contributed by atoms with Crippen molar-refractivity contribution in [2.24, 2.45) is 23.2 Å². The second-order valence-corrected chi connectivity index (χ2v) is 11.0. The molecule has 3 atom stereocenters. The number of carbonyl (C=O) groups is 1. The van der Waals surface area contributed by atoms with Crippen LogP contribution in [-0.2, 0) is 4.79 Å². The molecule has 7 nitrogen and oxygen atoms in total. The van der Waals surface area contributed by atoms with Gasteiger partial charge in [0.1, 0.15) is 5.82 Å². The van der Waals surface area contributed by atoms with Gasteiger partial charge in [0.05, 0.1) is 17.6 Å². The van der Waals surface area contributed by atoms with Crippen molar-refractivity contribution in [3.05, 3.63) is 48.7 Å². The van der Waals surface area contributed by atoms with Crippen LogP contribution >= 0.6 is 0 Å². The van der Waals surface area contributed by atoms with Gasteiger partial charge in [-0.25, -0.2) is 4.98 Å². The van der Waals surface area contributed by atoms with E-state index in [0.717, 1.165) is 74.1 Å². The fourth-order valence-corrected chi connectivity index (χ4v) is 6.78. The van der Waals surface area contributed by atoms with Gasteiger partial charge in [0.2, 0.25) is 11.7 Å². The Balaban J connectivity index is 0.909. The number of aromatic nitrogens is 3. The molecule has 4 aliphatic rings. The predicted molar refractivity (Wildman–Crippen MR) is 133 cm³/mol. The highest BCUT2D eigenvalue weighted by atomic mass is 16.2. The minimum Gasteiger partial charge on any atom is -0.355 e. The molecule has 3 unspecified atom stereocenters. The van der Waals surface area contributed by atoms with Gasteiger partial charge in [-0.3, -0.25) is 14.1 Å². The number of imidazole rings is 1. The number of anilines is 1. The number of likely N-dealkylation sites (tertiary alicyclic amines) is 1. The number of hydrogen-bond acceptors (Lipinski definition) is 5. The van der Waals surface area contributed by atoms with Gasteiger partial charge in [0, 0.05) is 31.2 Å². The predicted octanol–water partition coefficient (Wildman–Crippen LogP) is 3.11. The van der Waals surface area contributed by atoms with Crippen molar-refractivity contribution in [2.45, 2.75) is 25.7 Å². The number of carbonyl (C=O) groups excluding carboxylic acids is 1.